The zero-order valence-corrected chi connectivity index (χ0v) is 26.0. The lowest BCUT2D eigenvalue weighted by molar-refractivity contribution is -0.141. The number of nitrogens with zero attached hydrogens (tertiary/aromatic N) is 2. The van der Waals surface area contributed by atoms with Gasteiger partial charge in [0.05, 0.1) is 19.6 Å². The summed E-state index contributed by atoms with van der Waals surface area (Å²) in [5.74, 6) is -0.962. The van der Waals surface area contributed by atoms with Crippen LogP contribution in [0.25, 0.3) is 10.9 Å². The second-order valence-electron chi connectivity index (χ2n) is 11.4. The van der Waals surface area contributed by atoms with Crippen molar-refractivity contribution < 1.29 is 14.4 Å². The number of carbonyl (C=O) groups is 3. The van der Waals surface area contributed by atoms with E-state index in [9.17, 15) is 14.4 Å². The van der Waals surface area contributed by atoms with Gasteiger partial charge in [-0.05, 0) is 50.4 Å². The largest absolute Gasteiger partial charge is 0.368 e. The van der Waals surface area contributed by atoms with Crippen molar-refractivity contribution in [2.75, 3.05) is 45.8 Å². The van der Waals surface area contributed by atoms with Crippen LogP contribution in [0.15, 0.2) is 30.5 Å². The topological polar surface area (TPSA) is 138 Å². The van der Waals surface area contributed by atoms with Gasteiger partial charge in [0.2, 0.25) is 17.7 Å². The smallest absolute Gasteiger partial charge is 0.242 e. The third kappa shape index (κ3) is 14.3. The number of H-pyrrole nitrogens is 1. The Hall–Kier alpha value is -2.91. The van der Waals surface area contributed by atoms with Crippen molar-refractivity contribution in [2.24, 2.45) is 11.5 Å². The third-order valence-corrected chi connectivity index (χ3v) is 7.82. The molecule has 0 bridgehead atoms. The highest BCUT2D eigenvalue weighted by atomic mass is 16.2. The molecule has 1 aromatic carbocycles. The van der Waals surface area contributed by atoms with Crippen molar-refractivity contribution in [1.82, 2.24) is 20.1 Å². The molecule has 0 spiro atoms. The van der Waals surface area contributed by atoms with Crippen molar-refractivity contribution in [2.45, 2.75) is 96.8 Å². The summed E-state index contributed by atoms with van der Waals surface area (Å²) < 4.78 is 0. The number of aromatic amines is 1. The maximum absolute atomic E-state index is 13.3. The van der Waals surface area contributed by atoms with E-state index in [1.165, 1.54) is 62.7 Å². The highest BCUT2D eigenvalue weighted by Crippen LogP contribution is 2.18. The fourth-order valence-electron chi connectivity index (χ4n) is 5.30. The van der Waals surface area contributed by atoms with E-state index in [1.54, 1.807) is 4.90 Å². The van der Waals surface area contributed by atoms with Gasteiger partial charge in [-0.15, -0.1) is 0 Å². The van der Waals surface area contributed by atoms with E-state index in [0.29, 0.717) is 26.1 Å². The van der Waals surface area contributed by atoms with Crippen LogP contribution in [0.4, 0.5) is 0 Å². The summed E-state index contributed by atoms with van der Waals surface area (Å²) >= 11 is 0. The molecule has 0 unspecified atom stereocenters. The first kappa shape index (κ1) is 35.3. The van der Waals surface area contributed by atoms with Crippen LogP contribution >= 0.6 is 0 Å². The van der Waals surface area contributed by atoms with E-state index in [0.717, 1.165) is 48.7 Å². The van der Waals surface area contributed by atoms with Crippen molar-refractivity contribution in [3.63, 3.8) is 0 Å². The van der Waals surface area contributed by atoms with Crippen LogP contribution in [0, 0.1) is 0 Å². The van der Waals surface area contributed by atoms with Gasteiger partial charge in [-0.25, -0.2) is 0 Å². The first-order chi connectivity index (χ1) is 20.5. The van der Waals surface area contributed by atoms with Gasteiger partial charge in [0.1, 0.15) is 0 Å². The number of para-hydroxylation sites is 1. The van der Waals surface area contributed by atoms with E-state index in [-0.39, 0.29) is 31.4 Å². The Kier molecular flexibility index (Phi) is 18.3. The number of carbonyl (C=O) groups excluding carboxylic acids is 3. The summed E-state index contributed by atoms with van der Waals surface area (Å²) in [5, 5.41) is 4.35. The Balaban J connectivity index is 1.77. The zero-order valence-electron chi connectivity index (χ0n) is 26.0. The van der Waals surface area contributed by atoms with Crippen molar-refractivity contribution >= 4 is 28.6 Å². The molecule has 9 nitrogen and oxygen atoms in total. The highest BCUT2D eigenvalue weighted by molar-refractivity contribution is 5.88. The van der Waals surface area contributed by atoms with Crippen LogP contribution in [0.1, 0.15) is 96.0 Å². The normalized spacial score (nSPS) is 11.2. The number of aromatic nitrogens is 1. The number of primary amides is 1. The van der Waals surface area contributed by atoms with E-state index in [4.69, 9.17) is 11.5 Å². The molecule has 42 heavy (non-hydrogen) atoms. The minimum absolute atomic E-state index is 0.0787. The van der Waals surface area contributed by atoms with Crippen LogP contribution in [0.3, 0.4) is 0 Å². The molecule has 0 radical (unpaired) electrons. The van der Waals surface area contributed by atoms with E-state index >= 15 is 0 Å². The van der Waals surface area contributed by atoms with Gasteiger partial charge >= 0.3 is 0 Å². The number of nitrogens with one attached hydrogen (secondary N) is 2. The predicted molar refractivity (Wildman–Crippen MR) is 172 cm³/mol. The minimum Gasteiger partial charge on any atom is -0.368 e. The van der Waals surface area contributed by atoms with Crippen LogP contribution in [-0.4, -0.2) is 78.3 Å². The van der Waals surface area contributed by atoms with Crippen molar-refractivity contribution in [3.8, 4) is 0 Å². The SMILES string of the molecule is CCCCCCCCCCCCCNCC(=O)N(CCCCN)CC(=O)N(CCc1c[nH]c2ccccc12)CC(N)=O. The number of amides is 3. The lowest BCUT2D eigenvalue weighted by atomic mass is 10.1. The molecule has 1 aromatic heterocycles. The monoisotopic (exact) mass is 584 g/mol. The quantitative estimate of drug-likeness (QED) is 0.127. The summed E-state index contributed by atoms with van der Waals surface area (Å²) in [6.45, 7) is 4.30. The summed E-state index contributed by atoms with van der Waals surface area (Å²) in [7, 11) is 0. The number of hydrogen-bond donors (Lipinski definition) is 4. The molecule has 0 saturated heterocycles. The van der Waals surface area contributed by atoms with Gasteiger partial charge in [-0.3, -0.25) is 14.4 Å². The summed E-state index contributed by atoms with van der Waals surface area (Å²) in [6.07, 6.45) is 18.1. The Morgan fingerprint density at radius 3 is 2.10 bits per heavy atom. The average molecular weight is 585 g/mol. The number of fused-ring (bicyclic) bond motifs is 1. The lowest BCUT2D eigenvalue weighted by Gasteiger charge is -2.27. The predicted octanol–water partition coefficient (Wildman–Crippen LogP) is 4.49. The van der Waals surface area contributed by atoms with Gasteiger partial charge in [-0.1, -0.05) is 89.3 Å². The molecule has 3 amide bonds. The van der Waals surface area contributed by atoms with E-state index in [2.05, 4.69) is 17.2 Å². The second-order valence-corrected chi connectivity index (χ2v) is 11.4. The zero-order chi connectivity index (χ0) is 30.4. The van der Waals surface area contributed by atoms with Crippen LogP contribution < -0.4 is 16.8 Å². The first-order valence-corrected chi connectivity index (χ1v) is 16.3. The molecule has 1 heterocycles. The molecular formula is C33H56N6O3. The number of nitrogens with two attached hydrogens (primary N) is 2. The van der Waals surface area contributed by atoms with Crippen molar-refractivity contribution in [3.05, 3.63) is 36.0 Å². The Morgan fingerprint density at radius 2 is 1.43 bits per heavy atom. The fourth-order valence-corrected chi connectivity index (χ4v) is 5.30. The molecule has 0 aliphatic rings. The third-order valence-electron chi connectivity index (χ3n) is 7.82. The molecule has 236 valence electrons. The Morgan fingerprint density at radius 1 is 0.786 bits per heavy atom. The summed E-state index contributed by atoms with van der Waals surface area (Å²) in [5.41, 5.74) is 13.2. The molecule has 0 atom stereocenters. The fraction of sp³-hybridized carbons (Fsp3) is 0.667. The molecule has 0 fully saturated rings. The summed E-state index contributed by atoms with van der Waals surface area (Å²) in [6, 6.07) is 7.97. The number of benzene rings is 1. The maximum atomic E-state index is 13.3. The lowest BCUT2D eigenvalue weighted by Crippen LogP contribution is -2.48. The van der Waals surface area contributed by atoms with Gasteiger partial charge in [-0.2, -0.15) is 0 Å². The standard InChI is InChI=1S/C33H56N6O3/c1-2-3-4-5-6-7-8-9-10-11-15-21-36-25-32(41)38(22-16-14-20-34)27-33(42)39(26-31(35)40)23-19-28-24-37-30-18-13-12-17-29(28)30/h12-13,17-18,24,36-37H,2-11,14-16,19-23,25-27,34H2,1H3,(H2,35,40). The van der Waals surface area contributed by atoms with Gasteiger partial charge < -0.3 is 31.6 Å². The van der Waals surface area contributed by atoms with E-state index in [1.807, 2.05) is 30.5 Å². The van der Waals surface area contributed by atoms with Crippen LogP contribution in [0.5, 0.6) is 0 Å². The molecule has 2 aromatic rings. The Bertz CT molecular complexity index is 1040. The minimum atomic E-state index is -0.572. The van der Waals surface area contributed by atoms with E-state index < -0.39 is 5.91 Å². The molecule has 0 aliphatic carbocycles. The number of rotatable bonds is 25. The molecule has 6 N–H and O–H groups in total. The van der Waals surface area contributed by atoms with Crippen LogP contribution in [-0.2, 0) is 20.8 Å². The molecule has 0 saturated carbocycles. The second kappa shape index (κ2) is 21.7. The first-order valence-electron chi connectivity index (χ1n) is 16.3. The van der Waals surface area contributed by atoms with Crippen LogP contribution in [0.2, 0.25) is 0 Å². The molecule has 9 heteroatoms. The van der Waals surface area contributed by atoms with Gasteiger partial charge in [0.15, 0.2) is 0 Å². The molecule has 0 aliphatic heterocycles. The molecule has 2 rings (SSSR count). The molecular weight excluding hydrogens is 528 g/mol. The average Bonchev–Trinajstić information content (AvgIpc) is 3.40. The maximum Gasteiger partial charge on any atom is 0.242 e. The number of hydrogen-bond acceptors (Lipinski definition) is 5. The van der Waals surface area contributed by atoms with Crippen molar-refractivity contribution in [1.29, 1.82) is 0 Å². The summed E-state index contributed by atoms with van der Waals surface area (Å²) in [4.78, 5) is 44.5. The Labute approximate surface area is 253 Å². The van der Waals surface area contributed by atoms with Gasteiger partial charge in [0.25, 0.3) is 0 Å². The highest BCUT2D eigenvalue weighted by Gasteiger charge is 2.22. The van der Waals surface area contributed by atoms with Gasteiger partial charge in [0, 0.05) is 30.2 Å². The number of unbranched alkanes of at least 4 members (excludes halogenated alkanes) is 11.